The molecule has 3 aromatic carbocycles. The quantitative estimate of drug-likeness (QED) is 0.274. The lowest BCUT2D eigenvalue weighted by atomic mass is 10.1. The van der Waals surface area contributed by atoms with E-state index >= 15 is 0 Å². The Bertz CT molecular complexity index is 1520. The minimum Gasteiger partial charge on any atom is -0.272 e. The monoisotopic (exact) mass is 465 g/mol. The third kappa shape index (κ3) is 4.18. The van der Waals surface area contributed by atoms with Crippen molar-refractivity contribution in [3.8, 4) is 51.2 Å². The maximum Gasteiger partial charge on any atom is 0.187 e. The molecule has 0 atom stereocenters. The van der Waals surface area contributed by atoms with Gasteiger partial charge < -0.3 is 0 Å². The minimum absolute atomic E-state index is 0.665. The third-order valence-electron chi connectivity index (χ3n) is 6.05. The summed E-state index contributed by atoms with van der Waals surface area (Å²) in [4.78, 5) is 9.89. The van der Waals surface area contributed by atoms with Crippen LogP contribution in [0.1, 0.15) is 5.56 Å². The van der Waals surface area contributed by atoms with Gasteiger partial charge in [-0.3, -0.25) is 4.57 Å². The summed E-state index contributed by atoms with van der Waals surface area (Å²) in [6, 6.07) is 40.6. The van der Waals surface area contributed by atoms with Crippen LogP contribution in [0.15, 0.2) is 121 Å². The molecule has 0 saturated heterocycles. The van der Waals surface area contributed by atoms with Crippen molar-refractivity contribution in [2.75, 3.05) is 0 Å². The topological polar surface area (TPSA) is 56.5 Å². The molecule has 0 spiro atoms. The van der Waals surface area contributed by atoms with Crippen molar-refractivity contribution in [3.05, 3.63) is 127 Å². The maximum atomic E-state index is 4.95. The standard InChI is InChI=1S/C31H23N5/c1-22-18-20-25(21-19-22)36-30(28-16-8-14-26(32-28)23-10-4-2-5-11-23)34-35-31(36)29-17-9-15-27(33-29)24-12-6-3-7-13-24/h2-21H,1H3. The number of pyridine rings is 2. The molecule has 0 fully saturated rings. The largest absolute Gasteiger partial charge is 0.272 e. The molecule has 0 saturated carbocycles. The van der Waals surface area contributed by atoms with Gasteiger partial charge in [0.1, 0.15) is 11.4 Å². The van der Waals surface area contributed by atoms with Crippen molar-refractivity contribution < 1.29 is 0 Å². The summed E-state index contributed by atoms with van der Waals surface area (Å²) >= 11 is 0. The Hall–Kier alpha value is -4.90. The fourth-order valence-electron chi connectivity index (χ4n) is 4.21. The lowest BCUT2D eigenvalue weighted by Crippen LogP contribution is -2.03. The first-order valence-corrected chi connectivity index (χ1v) is 11.8. The number of hydrogen-bond acceptors (Lipinski definition) is 4. The van der Waals surface area contributed by atoms with Crippen molar-refractivity contribution >= 4 is 0 Å². The van der Waals surface area contributed by atoms with Crippen LogP contribution in [0.3, 0.4) is 0 Å². The Kier molecular flexibility index (Phi) is 5.64. The summed E-state index contributed by atoms with van der Waals surface area (Å²) in [5, 5.41) is 9.22. The van der Waals surface area contributed by atoms with E-state index < -0.39 is 0 Å². The van der Waals surface area contributed by atoms with Gasteiger partial charge in [0.25, 0.3) is 0 Å². The molecule has 0 N–H and O–H groups in total. The number of aryl methyl sites for hydroxylation is 1. The predicted molar refractivity (Wildman–Crippen MR) is 143 cm³/mol. The average Bonchev–Trinajstić information content (AvgIpc) is 3.40. The van der Waals surface area contributed by atoms with Gasteiger partial charge in [-0.15, -0.1) is 10.2 Å². The number of nitrogens with zero attached hydrogens (tertiary/aromatic N) is 5. The Morgan fingerprint density at radius 2 is 0.889 bits per heavy atom. The summed E-state index contributed by atoms with van der Waals surface area (Å²) < 4.78 is 2.04. The van der Waals surface area contributed by atoms with E-state index in [1.807, 2.05) is 77.4 Å². The van der Waals surface area contributed by atoms with Crippen molar-refractivity contribution in [2.45, 2.75) is 6.92 Å². The molecule has 6 aromatic rings. The normalized spacial score (nSPS) is 10.9. The second-order valence-electron chi connectivity index (χ2n) is 8.57. The first-order chi connectivity index (χ1) is 17.8. The first kappa shape index (κ1) is 21.6. The Morgan fingerprint density at radius 1 is 0.444 bits per heavy atom. The van der Waals surface area contributed by atoms with Crippen LogP contribution < -0.4 is 0 Å². The zero-order chi connectivity index (χ0) is 24.3. The fraction of sp³-hybridized carbons (Fsp3) is 0.0323. The molecule has 6 rings (SSSR count). The fourth-order valence-corrected chi connectivity index (χ4v) is 4.21. The van der Waals surface area contributed by atoms with Gasteiger partial charge in [-0.05, 0) is 43.3 Å². The average molecular weight is 466 g/mol. The summed E-state index contributed by atoms with van der Waals surface area (Å²) in [5.41, 5.74) is 7.51. The van der Waals surface area contributed by atoms with Crippen molar-refractivity contribution in [3.63, 3.8) is 0 Å². The molecule has 0 radical (unpaired) electrons. The lowest BCUT2D eigenvalue weighted by Gasteiger charge is -2.12. The van der Waals surface area contributed by atoms with Gasteiger partial charge in [-0.25, -0.2) is 9.97 Å². The maximum absolute atomic E-state index is 4.95. The number of aromatic nitrogens is 5. The van der Waals surface area contributed by atoms with Crippen LogP contribution >= 0.6 is 0 Å². The Labute approximate surface area is 209 Å². The lowest BCUT2D eigenvalue weighted by molar-refractivity contribution is 1.05. The van der Waals surface area contributed by atoms with Crippen molar-refractivity contribution in [1.82, 2.24) is 24.7 Å². The van der Waals surface area contributed by atoms with Crippen LogP contribution in [0.2, 0.25) is 0 Å². The molecule has 0 amide bonds. The minimum atomic E-state index is 0.665. The highest BCUT2D eigenvalue weighted by Gasteiger charge is 2.20. The zero-order valence-electron chi connectivity index (χ0n) is 19.8. The van der Waals surface area contributed by atoms with E-state index in [9.17, 15) is 0 Å². The van der Waals surface area contributed by atoms with Crippen molar-refractivity contribution in [2.24, 2.45) is 0 Å². The van der Waals surface area contributed by atoms with Gasteiger partial charge in [0.05, 0.1) is 11.4 Å². The molecule has 0 unspecified atom stereocenters. The second kappa shape index (κ2) is 9.39. The van der Waals surface area contributed by atoms with Crippen LogP contribution in [0, 0.1) is 6.92 Å². The molecule has 0 aliphatic heterocycles. The predicted octanol–water partition coefficient (Wildman–Crippen LogP) is 7.03. The molecule has 36 heavy (non-hydrogen) atoms. The van der Waals surface area contributed by atoms with Gasteiger partial charge >= 0.3 is 0 Å². The Balaban J connectivity index is 1.52. The molecule has 0 aliphatic carbocycles. The second-order valence-corrected chi connectivity index (χ2v) is 8.57. The summed E-state index contributed by atoms with van der Waals surface area (Å²) in [7, 11) is 0. The van der Waals surface area contributed by atoms with E-state index in [0.29, 0.717) is 11.6 Å². The van der Waals surface area contributed by atoms with E-state index in [1.54, 1.807) is 0 Å². The molecular formula is C31H23N5. The van der Waals surface area contributed by atoms with Gasteiger partial charge in [0, 0.05) is 16.8 Å². The van der Waals surface area contributed by atoms with E-state index in [2.05, 4.69) is 65.7 Å². The highest BCUT2D eigenvalue weighted by atomic mass is 15.3. The molecule has 5 nitrogen and oxygen atoms in total. The van der Waals surface area contributed by atoms with Crippen LogP contribution in [0.5, 0.6) is 0 Å². The van der Waals surface area contributed by atoms with Gasteiger partial charge in [-0.2, -0.15) is 0 Å². The highest BCUT2D eigenvalue weighted by molar-refractivity contribution is 5.68. The molecule has 172 valence electrons. The van der Waals surface area contributed by atoms with Crippen molar-refractivity contribution in [1.29, 1.82) is 0 Å². The van der Waals surface area contributed by atoms with E-state index in [4.69, 9.17) is 9.97 Å². The number of hydrogen-bond donors (Lipinski definition) is 0. The summed E-state index contributed by atoms with van der Waals surface area (Å²) in [6.45, 7) is 2.08. The van der Waals surface area contributed by atoms with Gasteiger partial charge in [0.2, 0.25) is 0 Å². The molecule has 5 heteroatoms. The molecule has 0 aliphatic rings. The smallest absolute Gasteiger partial charge is 0.187 e. The first-order valence-electron chi connectivity index (χ1n) is 11.8. The Morgan fingerprint density at radius 3 is 1.36 bits per heavy atom. The summed E-state index contributed by atoms with van der Waals surface area (Å²) in [5.74, 6) is 1.33. The van der Waals surface area contributed by atoms with E-state index in [-0.39, 0.29) is 0 Å². The SMILES string of the molecule is Cc1ccc(-n2c(-c3cccc(-c4ccccc4)n3)nnc2-c2cccc(-c3ccccc3)n2)cc1. The van der Waals surface area contributed by atoms with Crippen LogP contribution in [-0.2, 0) is 0 Å². The summed E-state index contributed by atoms with van der Waals surface area (Å²) in [6.07, 6.45) is 0. The molecule has 0 bridgehead atoms. The zero-order valence-corrected chi connectivity index (χ0v) is 19.8. The van der Waals surface area contributed by atoms with Crippen LogP contribution in [0.25, 0.3) is 51.2 Å². The third-order valence-corrected chi connectivity index (χ3v) is 6.05. The molecule has 3 heterocycles. The molecule has 3 aromatic heterocycles. The van der Waals surface area contributed by atoms with E-state index in [0.717, 1.165) is 39.6 Å². The highest BCUT2D eigenvalue weighted by Crippen LogP contribution is 2.29. The van der Waals surface area contributed by atoms with E-state index in [1.165, 1.54) is 5.56 Å². The van der Waals surface area contributed by atoms with Crippen LogP contribution in [0.4, 0.5) is 0 Å². The number of benzene rings is 3. The van der Waals surface area contributed by atoms with Gasteiger partial charge in [0.15, 0.2) is 11.6 Å². The number of rotatable bonds is 5. The van der Waals surface area contributed by atoms with Gasteiger partial charge in [-0.1, -0.05) is 90.5 Å². The molecular weight excluding hydrogens is 442 g/mol. The van der Waals surface area contributed by atoms with Crippen LogP contribution in [-0.4, -0.2) is 24.7 Å².